The van der Waals surface area contributed by atoms with Crippen molar-refractivity contribution in [2.45, 2.75) is 12.5 Å². The molecule has 0 aliphatic carbocycles. The third kappa shape index (κ3) is 4.27. The number of anilines is 1. The van der Waals surface area contributed by atoms with Gasteiger partial charge in [-0.2, -0.15) is 0 Å². The zero-order valence-electron chi connectivity index (χ0n) is 10.7. The Kier molecular flexibility index (Phi) is 5.38. The van der Waals surface area contributed by atoms with Gasteiger partial charge in [-0.05, 0) is 54.1 Å². The Morgan fingerprint density at radius 2 is 2.32 bits per heavy atom. The van der Waals surface area contributed by atoms with E-state index >= 15 is 0 Å². The molecule has 0 bridgehead atoms. The number of amides is 1. The number of carbonyl (C=O) groups is 1. The molecule has 0 saturated carbocycles. The van der Waals surface area contributed by atoms with Gasteiger partial charge in [0.05, 0.1) is 12.2 Å². The van der Waals surface area contributed by atoms with Crippen LogP contribution in [0.1, 0.15) is 6.42 Å². The van der Waals surface area contributed by atoms with Crippen LogP contribution in [0, 0.1) is 0 Å². The van der Waals surface area contributed by atoms with Crippen molar-refractivity contribution in [2.24, 2.45) is 0 Å². The number of likely N-dealkylation sites (N-methyl/N-ethyl adjacent to an activating group) is 1. The van der Waals surface area contributed by atoms with Crippen molar-refractivity contribution < 1.29 is 4.79 Å². The highest BCUT2D eigenvalue weighted by atomic mass is 79.9. The van der Waals surface area contributed by atoms with Crippen LogP contribution in [0.15, 0.2) is 27.1 Å². The molecule has 2 rings (SSSR count). The number of hydrogen-bond acceptors (Lipinski definition) is 3. The van der Waals surface area contributed by atoms with Gasteiger partial charge >= 0.3 is 0 Å². The Bertz CT molecular complexity index is 461. The molecule has 0 aromatic heterocycles. The van der Waals surface area contributed by atoms with Gasteiger partial charge < -0.3 is 10.6 Å². The van der Waals surface area contributed by atoms with Gasteiger partial charge in [0, 0.05) is 21.5 Å². The quantitative estimate of drug-likeness (QED) is 0.829. The fourth-order valence-electron chi connectivity index (χ4n) is 2.15. The Labute approximate surface area is 130 Å². The maximum absolute atomic E-state index is 12.0. The Morgan fingerprint density at radius 3 is 2.95 bits per heavy atom. The summed E-state index contributed by atoms with van der Waals surface area (Å²) in [5.74, 6) is 0.0115. The summed E-state index contributed by atoms with van der Waals surface area (Å²) in [6.07, 6.45) is 1.10. The smallest absolute Gasteiger partial charge is 0.238 e. The summed E-state index contributed by atoms with van der Waals surface area (Å²) in [5.41, 5.74) is 0.797. The van der Waals surface area contributed by atoms with Crippen LogP contribution in [-0.2, 0) is 4.79 Å². The molecule has 1 saturated heterocycles. The molecule has 6 heteroatoms. The van der Waals surface area contributed by atoms with E-state index in [1.807, 2.05) is 25.2 Å². The Hall–Kier alpha value is -0.430. The van der Waals surface area contributed by atoms with Crippen LogP contribution in [-0.4, -0.2) is 43.5 Å². The third-order valence-electron chi connectivity index (χ3n) is 3.26. The van der Waals surface area contributed by atoms with Gasteiger partial charge in [0.1, 0.15) is 0 Å². The minimum absolute atomic E-state index is 0.0115. The van der Waals surface area contributed by atoms with E-state index in [0.717, 1.165) is 34.1 Å². The molecule has 19 heavy (non-hydrogen) atoms. The van der Waals surface area contributed by atoms with E-state index in [4.69, 9.17) is 0 Å². The van der Waals surface area contributed by atoms with E-state index in [1.165, 1.54) is 0 Å². The molecule has 1 atom stereocenters. The van der Waals surface area contributed by atoms with Crippen LogP contribution < -0.4 is 10.6 Å². The summed E-state index contributed by atoms with van der Waals surface area (Å²) in [7, 11) is 1.99. The van der Waals surface area contributed by atoms with Crippen LogP contribution in [0.4, 0.5) is 5.69 Å². The monoisotopic (exact) mass is 389 g/mol. The lowest BCUT2D eigenvalue weighted by Gasteiger charge is -2.22. The minimum atomic E-state index is 0.0115. The number of rotatable bonds is 4. The first-order valence-corrected chi connectivity index (χ1v) is 7.80. The second kappa shape index (κ2) is 6.83. The van der Waals surface area contributed by atoms with Gasteiger partial charge in [0.2, 0.25) is 5.91 Å². The van der Waals surface area contributed by atoms with Gasteiger partial charge in [0.15, 0.2) is 0 Å². The molecule has 4 nitrogen and oxygen atoms in total. The highest BCUT2D eigenvalue weighted by molar-refractivity contribution is 9.11. The second-order valence-electron chi connectivity index (χ2n) is 4.73. The van der Waals surface area contributed by atoms with Crippen LogP contribution in [0.3, 0.4) is 0 Å². The number of halogens is 2. The van der Waals surface area contributed by atoms with E-state index in [9.17, 15) is 4.79 Å². The molecular formula is C13H17Br2N3O. The highest BCUT2D eigenvalue weighted by Crippen LogP contribution is 2.26. The predicted molar refractivity (Wildman–Crippen MR) is 84.4 cm³/mol. The molecule has 1 unspecified atom stereocenters. The number of carbonyl (C=O) groups excluding carboxylic acids is 1. The van der Waals surface area contributed by atoms with Crippen molar-refractivity contribution in [2.75, 3.05) is 32.0 Å². The molecule has 0 spiro atoms. The third-order valence-corrected chi connectivity index (χ3v) is 4.41. The van der Waals surface area contributed by atoms with E-state index in [1.54, 1.807) is 0 Å². The zero-order valence-corrected chi connectivity index (χ0v) is 13.9. The molecule has 0 radical (unpaired) electrons. The largest absolute Gasteiger partial charge is 0.324 e. The van der Waals surface area contributed by atoms with E-state index in [0.29, 0.717) is 12.6 Å². The summed E-state index contributed by atoms with van der Waals surface area (Å²) in [4.78, 5) is 14.1. The standard InChI is InChI=1S/C13H17Br2N3O/c1-18(10-4-5-16-7-10)8-13(19)17-12-3-2-9(14)6-11(12)15/h2-3,6,10,16H,4-5,7-8H2,1H3,(H,17,19). The van der Waals surface area contributed by atoms with Crippen molar-refractivity contribution in [3.63, 3.8) is 0 Å². The molecule has 2 N–H and O–H groups in total. The predicted octanol–water partition coefficient (Wildman–Crippen LogP) is 2.44. The van der Waals surface area contributed by atoms with E-state index in [2.05, 4.69) is 47.4 Å². The van der Waals surface area contributed by atoms with Gasteiger partial charge in [-0.15, -0.1) is 0 Å². The summed E-state index contributed by atoms with van der Waals surface area (Å²) < 4.78 is 1.85. The van der Waals surface area contributed by atoms with Crippen LogP contribution in [0.2, 0.25) is 0 Å². The average Bonchev–Trinajstić information content (AvgIpc) is 2.86. The topological polar surface area (TPSA) is 44.4 Å². The number of nitrogens with one attached hydrogen (secondary N) is 2. The lowest BCUT2D eigenvalue weighted by Crippen LogP contribution is -2.39. The van der Waals surface area contributed by atoms with E-state index in [-0.39, 0.29) is 5.91 Å². The van der Waals surface area contributed by atoms with Crippen LogP contribution >= 0.6 is 31.9 Å². The number of hydrogen-bond donors (Lipinski definition) is 2. The maximum atomic E-state index is 12.0. The summed E-state index contributed by atoms with van der Waals surface area (Å²) >= 11 is 6.83. The van der Waals surface area contributed by atoms with Crippen molar-refractivity contribution in [3.05, 3.63) is 27.1 Å². The lowest BCUT2D eigenvalue weighted by molar-refractivity contribution is -0.117. The Balaban J connectivity index is 1.89. The molecule has 1 amide bonds. The van der Waals surface area contributed by atoms with Gasteiger partial charge in [-0.25, -0.2) is 0 Å². The average molecular weight is 391 g/mol. The van der Waals surface area contributed by atoms with Crippen LogP contribution in [0.25, 0.3) is 0 Å². The number of benzene rings is 1. The van der Waals surface area contributed by atoms with Crippen molar-refractivity contribution in [1.82, 2.24) is 10.2 Å². The minimum Gasteiger partial charge on any atom is -0.324 e. The fourth-order valence-corrected chi connectivity index (χ4v) is 3.30. The number of nitrogens with zero attached hydrogens (tertiary/aromatic N) is 1. The van der Waals surface area contributed by atoms with Crippen molar-refractivity contribution in [1.29, 1.82) is 0 Å². The molecule has 1 aliphatic rings. The molecule has 1 heterocycles. The van der Waals surface area contributed by atoms with Crippen molar-refractivity contribution >= 4 is 43.5 Å². The van der Waals surface area contributed by atoms with Gasteiger partial charge in [0.25, 0.3) is 0 Å². The highest BCUT2D eigenvalue weighted by Gasteiger charge is 2.20. The molecule has 104 valence electrons. The van der Waals surface area contributed by atoms with Gasteiger partial charge in [-0.1, -0.05) is 15.9 Å². The molecule has 1 fully saturated rings. The lowest BCUT2D eigenvalue weighted by atomic mass is 10.2. The molecule has 1 aromatic carbocycles. The molecular weight excluding hydrogens is 374 g/mol. The summed E-state index contributed by atoms with van der Waals surface area (Å²) in [6, 6.07) is 6.16. The van der Waals surface area contributed by atoms with Crippen molar-refractivity contribution in [3.8, 4) is 0 Å². The van der Waals surface area contributed by atoms with Crippen LogP contribution in [0.5, 0.6) is 0 Å². The fraction of sp³-hybridized carbons (Fsp3) is 0.462. The molecule has 1 aliphatic heterocycles. The summed E-state index contributed by atoms with van der Waals surface area (Å²) in [5, 5.41) is 6.23. The summed E-state index contributed by atoms with van der Waals surface area (Å²) in [6.45, 7) is 2.41. The Morgan fingerprint density at radius 1 is 1.53 bits per heavy atom. The molecule has 1 aromatic rings. The second-order valence-corrected chi connectivity index (χ2v) is 6.50. The maximum Gasteiger partial charge on any atom is 0.238 e. The first-order chi connectivity index (χ1) is 9.06. The zero-order chi connectivity index (χ0) is 13.8. The van der Waals surface area contributed by atoms with Gasteiger partial charge in [-0.3, -0.25) is 9.69 Å². The SMILES string of the molecule is CN(CC(=O)Nc1ccc(Br)cc1Br)C1CCNC1. The first-order valence-electron chi connectivity index (χ1n) is 6.22. The first kappa shape index (κ1) is 15.0. The van der Waals surface area contributed by atoms with E-state index < -0.39 is 0 Å². The normalized spacial score (nSPS) is 18.8.